The number of aliphatic hydroxyl groups excluding tert-OH is 1. The van der Waals surface area contributed by atoms with Crippen molar-refractivity contribution in [1.82, 2.24) is 9.78 Å². The molecule has 0 radical (unpaired) electrons. The summed E-state index contributed by atoms with van der Waals surface area (Å²) in [6.07, 6.45) is -21.3. The molecule has 3 nitrogen and oxygen atoms in total. The highest BCUT2D eigenvalue weighted by molar-refractivity contribution is 5.39. The molecule has 3 rings (SSSR count). The highest BCUT2D eigenvalue weighted by atomic mass is 19.4. The number of halogens is 8. The van der Waals surface area contributed by atoms with Crippen LogP contribution in [-0.4, -0.2) is 39.6 Å². The van der Waals surface area contributed by atoms with Crippen LogP contribution in [-0.2, 0) is 6.18 Å². The largest absolute Gasteiger partial charge is 0.435 e. The Morgan fingerprint density at radius 3 is 2.00 bits per heavy atom. The molecule has 2 aliphatic rings. The number of fused-ring (bicyclic) bond motifs is 1. The zero-order chi connectivity index (χ0) is 18.0. The zero-order valence-corrected chi connectivity index (χ0v) is 11.8. The quantitative estimate of drug-likeness (QED) is 0.773. The van der Waals surface area contributed by atoms with Gasteiger partial charge < -0.3 is 5.11 Å². The Bertz CT molecular complexity index is 620. The summed E-state index contributed by atoms with van der Waals surface area (Å²) in [6.45, 7) is 0. The summed E-state index contributed by atoms with van der Waals surface area (Å²) in [7, 11) is 0. The second-order valence-electron chi connectivity index (χ2n) is 5.98. The number of hydrogen-bond acceptors (Lipinski definition) is 2. The summed E-state index contributed by atoms with van der Waals surface area (Å²) in [5.74, 6) is 0. The first kappa shape index (κ1) is 17.4. The molecule has 0 spiro atoms. The van der Waals surface area contributed by atoms with Crippen molar-refractivity contribution in [3.05, 3.63) is 17.0 Å². The number of aliphatic hydroxyl groups is 1. The molecule has 136 valence electrons. The Hall–Kier alpha value is -1.39. The average molecular weight is 364 g/mol. The van der Waals surface area contributed by atoms with E-state index in [0.717, 1.165) is 0 Å². The predicted octanol–water partition coefficient (Wildman–Crippen LogP) is 3.65. The van der Waals surface area contributed by atoms with E-state index in [1.54, 1.807) is 0 Å². The summed E-state index contributed by atoms with van der Waals surface area (Å²) in [6, 6.07) is -1.41. The van der Waals surface area contributed by atoms with E-state index in [1.165, 1.54) is 0 Å². The van der Waals surface area contributed by atoms with Crippen molar-refractivity contribution in [3.63, 3.8) is 0 Å². The lowest BCUT2D eigenvalue weighted by Crippen LogP contribution is -2.38. The molecule has 1 N–H and O–H groups in total. The molecular formula is C13H12F8N2O. The third kappa shape index (κ3) is 2.47. The van der Waals surface area contributed by atoms with E-state index in [4.69, 9.17) is 0 Å². The summed E-state index contributed by atoms with van der Waals surface area (Å²) in [5.41, 5.74) is -3.68. The normalized spacial score (nSPS) is 40.0. The molecule has 1 fully saturated rings. The van der Waals surface area contributed by atoms with Crippen molar-refractivity contribution in [1.29, 1.82) is 0 Å². The van der Waals surface area contributed by atoms with Gasteiger partial charge in [-0.3, -0.25) is 4.68 Å². The van der Waals surface area contributed by atoms with E-state index in [0.29, 0.717) is 4.68 Å². The Balaban J connectivity index is 2.09. The van der Waals surface area contributed by atoms with Crippen molar-refractivity contribution in [2.45, 2.75) is 62.0 Å². The molecule has 2 unspecified atom stereocenters. The lowest BCUT2D eigenvalue weighted by atomic mass is 9.90. The highest BCUT2D eigenvalue weighted by Crippen LogP contribution is 2.50. The van der Waals surface area contributed by atoms with E-state index in [9.17, 15) is 40.2 Å². The minimum Gasteiger partial charge on any atom is -0.385 e. The van der Waals surface area contributed by atoms with Gasteiger partial charge in [0.15, 0.2) is 24.2 Å². The van der Waals surface area contributed by atoms with Crippen LogP contribution in [0.25, 0.3) is 0 Å². The zero-order valence-electron chi connectivity index (χ0n) is 11.8. The van der Waals surface area contributed by atoms with Crippen molar-refractivity contribution in [2.24, 2.45) is 0 Å². The molecule has 1 aromatic rings. The first-order valence-electron chi connectivity index (χ1n) is 7.12. The van der Waals surface area contributed by atoms with Gasteiger partial charge in [-0.25, -0.2) is 22.0 Å². The fourth-order valence-corrected chi connectivity index (χ4v) is 3.29. The second kappa shape index (κ2) is 5.57. The summed E-state index contributed by atoms with van der Waals surface area (Å²) in [5, 5.41) is 12.7. The Labute approximate surface area is 130 Å². The molecule has 0 aromatic carbocycles. The van der Waals surface area contributed by atoms with E-state index in [-0.39, 0.29) is 0 Å². The van der Waals surface area contributed by atoms with Crippen LogP contribution in [0.4, 0.5) is 35.1 Å². The van der Waals surface area contributed by atoms with Crippen LogP contribution in [0.2, 0.25) is 0 Å². The van der Waals surface area contributed by atoms with Crippen LogP contribution in [0.3, 0.4) is 0 Å². The molecule has 0 saturated heterocycles. The molecule has 1 aromatic heterocycles. The van der Waals surface area contributed by atoms with Crippen molar-refractivity contribution in [2.75, 3.05) is 0 Å². The Morgan fingerprint density at radius 1 is 0.958 bits per heavy atom. The second-order valence-corrected chi connectivity index (χ2v) is 5.98. The Kier molecular flexibility index (Phi) is 4.04. The van der Waals surface area contributed by atoms with Gasteiger partial charge in [0.05, 0.1) is 11.7 Å². The van der Waals surface area contributed by atoms with E-state index in [2.05, 4.69) is 5.10 Å². The fourth-order valence-electron chi connectivity index (χ4n) is 3.29. The molecule has 0 amide bonds. The topological polar surface area (TPSA) is 38.1 Å². The molecule has 1 heterocycles. The van der Waals surface area contributed by atoms with Gasteiger partial charge in [-0.15, -0.1) is 0 Å². The smallest absolute Gasteiger partial charge is 0.385 e. The lowest BCUT2D eigenvalue weighted by Gasteiger charge is -2.31. The maximum Gasteiger partial charge on any atom is 0.435 e. The number of aromatic nitrogens is 2. The average Bonchev–Trinajstić information content (AvgIpc) is 2.98. The van der Waals surface area contributed by atoms with Crippen LogP contribution >= 0.6 is 0 Å². The van der Waals surface area contributed by atoms with Crippen LogP contribution in [0.5, 0.6) is 0 Å². The standard InChI is InChI=1S/C13H12F8N2O/c14-4-1-3(2-5(15)7(4)16)23-10-6(11(24)9(18)8(10)17)12(22-23)13(19,20)21/h3-5,7-9,11,24H,1-2H2/t3?,4-,5+,7?,8-,9-,11+/m1/s1. The van der Waals surface area contributed by atoms with Gasteiger partial charge in [0.2, 0.25) is 0 Å². The van der Waals surface area contributed by atoms with Crippen LogP contribution in [0, 0.1) is 0 Å². The molecular weight excluding hydrogens is 352 g/mol. The first-order valence-corrected chi connectivity index (χ1v) is 7.12. The van der Waals surface area contributed by atoms with Gasteiger partial charge in [0.1, 0.15) is 18.4 Å². The maximum atomic E-state index is 14.0. The van der Waals surface area contributed by atoms with Crippen molar-refractivity contribution >= 4 is 0 Å². The summed E-state index contributed by atoms with van der Waals surface area (Å²) in [4.78, 5) is 0. The van der Waals surface area contributed by atoms with Gasteiger partial charge in [0, 0.05) is 18.4 Å². The van der Waals surface area contributed by atoms with Gasteiger partial charge in [-0.1, -0.05) is 0 Å². The van der Waals surface area contributed by atoms with E-state index >= 15 is 0 Å². The SMILES string of the molecule is O[C@H]1c2c(C(F)(F)F)nn(C3C[C@@H](F)C(F)[C@@H](F)C3)c2[C@H](F)[C@H]1F. The third-order valence-corrected chi connectivity index (χ3v) is 4.42. The number of nitrogens with zero attached hydrogens (tertiary/aromatic N) is 2. The van der Waals surface area contributed by atoms with Gasteiger partial charge in [0.25, 0.3) is 0 Å². The monoisotopic (exact) mass is 364 g/mol. The minimum absolute atomic E-state index is 0.358. The summed E-state index contributed by atoms with van der Waals surface area (Å²) < 4.78 is 107. The van der Waals surface area contributed by atoms with Gasteiger partial charge in [-0.05, 0) is 0 Å². The van der Waals surface area contributed by atoms with Crippen molar-refractivity contribution < 1.29 is 40.2 Å². The van der Waals surface area contributed by atoms with Crippen LogP contribution in [0.15, 0.2) is 0 Å². The first-order chi connectivity index (χ1) is 11.0. The number of rotatable bonds is 1. The molecule has 11 heteroatoms. The number of alkyl halides is 8. The number of hydrogen-bond donors (Lipinski definition) is 1. The molecule has 0 aliphatic heterocycles. The van der Waals surface area contributed by atoms with Crippen LogP contribution < -0.4 is 0 Å². The van der Waals surface area contributed by atoms with E-state index in [1.807, 2.05) is 0 Å². The summed E-state index contributed by atoms with van der Waals surface area (Å²) >= 11 is 0. The molecule has 7 atom stereocenters. The highest BCUT2D eigenvalue weighted by Gasteiger charge is 2.53. The van der Waals surface area contributed by atoms with Gasteiger partial charge in [-0.2, -0.15) is 18.3 Å². The van der Waals surface area contributed by atoms with E-state index < -0.39 is 79.0 Å². The lowest BCUT2D eigenvalue weighted by molar-refractivity contribution is -0.143. The third-order valence-electron chi connectivity index (χ3n) is 4.42. The molecule has 24 heavy (non-hydrogen) atoms. The van der Waals surface area contributed by atoms with Crippen molar-refractivity contribution in [3.8, 4) is 0 Å². The molecule has 2 aliphatic carbocycles. The van der Waals surface area contributed by atoms with Gasteiger partial charge >= 0.3 is 6.18 Å². The fraction of sp³-hybridized carbons (Fsp3) is 0.769. The minimum atomic E-state index is -5.12. The predicted molar refractivity (Wildman–Crippen MR) is 63.9 cm³/mol. The Morgan fingerprint density at radius 2 is 1.50 bits per heavy atom. The molecule has 0 bridgehead atoms. The maximum absolute atomic E-state index is 14.0. The van der Waals surface area contributed by atoms with Crippen LogP contribution in [0.1, 0.15) is 48.1 Å². The molecule has 1 saturated carbocycles.